The molecule has 22 heteroatoms. The van der Waals surface area contributed by atoms with Crippen LogP contribution in [0.5, 0.6) is 0 Å². The summed E-state index contributed by atoms with van der Waals surface area (Å²) in [5.41, 5.74) is -4.90. The van der Waals surface area contributed by atoms with Gasteiger partial charge in [0.15, 0.2) is 22.6 Å². The third-order valence-corrected chi connectivity index (χ3v) is 10.9. The number of aromatic nitrogens is 6. The summed E-state index contributed by atoms with van der Waals surface area (Å²) in [6.45, 7) is 17.0. The molecular weight excluding hydrogens is 907 g/mol. The van der Waals surface area contributed by atoms with Gasteiger partial charge in [-0.2, -0.15) is 8.78 Å². The number of rotatable bonds is 6. The molecule has 348 valence electrons. The minimum atomic E-state index is -1.78. The maximum Gasteiger partial charge on any atom is 0.410 e. The number of H-pyrrole nitrogens is 1. The number of pyridine rings is 2. The number of anilines is 2. The largest absolute Gasteiger partial charge is 0.444 e. The Morgan fingerprint density at radius 1 is 0.672 bits per heavy atom. The molecule has 6 rings (SSSR count). The quantitative estimate of drug-likeness (QED) is 0.111. The van der Waals surface area contributed by atoms with E-state index < -0.39 is 64.3 Å². The molecule has 0 radical (unpaired) electrons. The number of alkyl halides is 2. The van der Waals surface area contributed by atoms with E-state index >= 15 is 8.78 Å². The molecule has 0 aliphatic carbocycles. The SMILES string of the molecule is CC(C)(C)OC(=O)N1CCN(c2nc(-c3ccnc(F)c3)[nH]c(=O)c2Cl)CC1C(C)(C)F.CC(C)(C)OC(=O)N1CCN(c2nc(-c3ccnc(F)c3)nc(Cl)c2Cl)CC1C(C)(C)F. The van der Waals surface area contributed by atoms with E-state index in [9.17, 15) is 23.2 Å². The topological polar surface area (TPSA) is 163 Å². The first-order chi connectivity index (χ1) is 29.5. The molecule has 2 aliphatic heterocycles. The smallest absolute Gasteiger partial charge is 0.410 e. The molecule has 4 aromatic rings. The Bertz CT molecular complexity index is 2410. The molecular formula is C42H51Cl3F4N10O5. The highest BCUT2D eigenvalue weighted by Crippen LogP contribution is 2.36. The van der Waals surface area contributed by atoms with Crippen molar-refractivity contribution in [3.8, 4) is 22.8 Å². The number of carbonyl (C=O) groups is 2. The van der Waals surface area contributed by atoms with E-state index in [0.717, 1.165) is 6.07 Å². The molecule has 2 amide bonds. The number of nitrogens with one attached hydrogen (secondary N) is 1. The summed E-state index contributed by atoms with van der Waals surface area (Å²) in [4.78, 5) is 66.5. The van der Waals surface area contributed by atoms with Crippen molar-refractivity contribution in [2.24, 2.45) is 0 Å². The van der Waals surface area contributed by atoms with E-state index in [1.165, 1.54) is 62.0 Å². The van der Waals surface area contributed by atoms with Gasteiger partial charge in [-0.3, -0.25) is 14.6 Å². The zero-order valence-electron chi connectivity index (χ0n) is 37.1. The first kappa shape index (κ1) is 50.0. The molecule has 0 aromatic carbocycles. The highest BCUT2D eigenvalue weighted by atomic mass is 35.5. The number of aromatic amines is 1. The van der Waals surface area contributed by atoms with Crippen LogP contribution in [0.1, 0.15) is 69.2 Å². The van der Waals surface area contributed by atoms with Crippen LogP contribution in [0.4, 0.5) is 38.8 Å². The highest BCUT2D eigenvalue weighted by molar-refractivity contribution is 6.42. The monoisotopic (exact) mass is 956 g/mol. The zero-order valence-corrected chi connectivity index (χ0v) is 39.3. The number of carbonyl (C=O) groups excluding carboxylic acids is 2. The maximum atomic E-state index is 15.2. The Morgan fingerprint density at radius 3 is 1.55 bits per heavy atom. The fourth-order valence-electron chi connectivity index (χ4n) is 6.84. The van der Waals surface area contributed by atoms with Crippen LogP contribution >= 0.6 is 34.8 Å². The van der Waals surface area contributed by atoms with E-state index in [-0.39, 0.29) is 71.2 Å². The van der Waals surface area contributed by atoms with Gasteiger partial charge in [0.1, 0.15) is 38.4 Å². The standard InChI is InChI=1S/C21H25Cl2F2N5O2.C21H26ClF2N5O3/c1-20(2,3)32-19(31)30-9-8-29(11-13(30)21(4,5)25)18-15(22)16(23)27-17(28-18)12-6-7-26-14(24)10-12;1-20(2,3)32-19(31)29-9-8-28(11-13(29)21(4,5)24)17-15(22)18(30)27-16(26-17)12-6-7-25-14(23)10-12/h6-7,10,13H,8-9,11H2,1-5H3;6-7,10,13H,8-9,11H2,1-5H3,(H,26,27,30). The lowest BCUT2D eigenvalue weighted by Crippen LogP contribution is -2.62. The summed E-state index contributed by atoms with van der Waals surface area (Å²) in [6.07, 6.45) is 1.33. The zero-order chi connectivity index (χ0) is 47.7. The third kappa shape index (κ3) is 12.6. The Morgan fingerprint density at radius 2 is 1.11 bits per heavy atom. The second-order valence-electron chi connectivity index (χ2n) is 18.2. The van der Waals surface area contributed by atoms with Gasteiger partial charge in [-0.05, 0) is 81.4 Å². The molecule has 64 heavy (non-hydrogen) atoms. The van der Waals surface area contributed by atoms with Gasteiger partial charge < -0.3 is 24.3 Å². The van der Waals surface area contributed by atoms with Gasteiger partial charge in [0.2, 0.25) is 11.9 Å². The number of halogens is 7. The molecule has 2 fully saturated rings. The van der Waals surface area contributed by atoms with E-state index in [2.05, 4.69) is 29.9 Å². The normalized spacial score (nSPS) is 17.5. The lowest BCUT2D eigenvalue weighted by molar-refractivity contribution is -0.0112. The summed E-state index contributed by atoms with van der Waals surface area (Å²) < 4.78 is 68.3. The number of nitrogens with zero attached hydrogens (tertiary/aromatic N) is 9. The summed E-state index contributed by atoms with van der Waals surface area (Å²) in [5.74, 6) is -0.767. The molecule has 0 saturated carbocycles. The molecule has 0 spiro atoms. The van der Waals surface area contributed by atoms with Crippen molar-refractivity contribution in [2.75, 3.05) is 49.1 Å². The van der Waals surface area contributed by atoms with Crippen molar-refractivity contribution in [3.63, 3.8) is 0 Å². The Labute approximate surface area is 383 Å². The minimum Gasteiger partial charge on any atom is -0.444 e. The Kier molecular flexibility index (Phi) is 15.0. The van der Waals surface area contributed by atoms with Gasteiger partial charge in [0.05, 0.1) is 12.1 Å². The van der Waals surface area contributed by atoms with Gasteiger partial charge >= 0.3 is 12.2 Å². The van der Waals surface area contributed by atoms with Gasteiger partial charge in [-0.25, -0.2) is 43.3 Å². The Hall–Kier alpha value is -5.01. The average Bonchev–Trinajstić information content (AvgIpc) is 3.17. The van der Waals surface area contributed by atoms with Crippen LogP contribution in [0.2, 0.25) is 15.2 Å². The van der Waals surface area contributed by atoms with Crippen molar-refractivity contribution in [1.29, 1.82) is 0 Å². The summed E-state index contributed by atoms with van der Waals surface area (Å²) in [6, 6.07) is 3.62. The molecule has 15 nitrogen and oxygen atoms in total. The first-order valence-corrected chi connectivity index (χ1v) is 21.3. The van der Waals surface area contributed by atoms with E-state index in [1.54, 1.807) is 57.4 Å². The van der Waals surface area contributed by atoms with Crippen LogP contribution < -0.4 is 15.4 Å². The van der Waals surface area contributed by atoms with Crippen LogP contribution in [-0.4, -0.2) is 126 Å². The summed E-state index contributed by atoms with van der Waals surface area (Å²) >= 11 is 18.8. The minimum absolute atomic E-state index is 0.0190. The number of piperazine rings is 2. The number of amides is 2. The fourth-order valence-corrected chi connectivity index (χ4v) is 7.41. The van der Waals surface area contributed by atoms with Crippen molar-refractivity contribution in [2.45, 2.75) is 104 Å². The highest BCUT2D eigenvalue weighted by Gasteiger charge is 2.45. The lowest BCUT2D eigenvalue weighted by Gasteiger charge is -2.45. The Balaban J connectivity index is 0.000000241. The summed E-state index contributed by atoms with van der Waals surface area (Å²) in [5, 5.41) is -0.106. The van der Waals surface area contributed by atoms with Crippen molar-refractivity contribution in [1.82, 2.24) is 39.7 Å². The molecule has 1 N–H and O–H groups in total. The van der Waals surface area contributed by atoms with Crippen LogP contribution in [0, 0.1) is 11.9 Å². The predicted molar refractivity (Wildman–Crippen MR) is 237 cm³/mol. The second kappa shape index (κ2) is 19.2. The van der Waals surface area contributed by atoms with Gasteiger partial charge in [-0.1, -0.05) is 34.8 Å². The van der Waals surface area contributed by atoms with Crippen LogP contribution in [0.15, 0.2) is 41.5 Å². The molecule has 2 unspecified atom stereocenters. The van der Waals surface area contributed by atoms with Crippen LogP contribution in [0.25, 0.3) is 22.8 Å². The van der Waals surface area contributed by atoms with Crippen molar-refractivity contribution < 1.29 is 36.6 Å². The fraction of sp³-hybridized carbons (Fsp3) is 0.524. The number of ether oxygens (including phenoxy) is 2. The van der Waals surface area contributed by atoms with E-state index in [4.69, 9.17) is 44.3 Å². The molecule has 6 heterocycles. The second-order valence-corrected chi connectivity index (χ2v) is 19.3. The molecule has 2 atom stereocenters. The van der Waals surface area contributed by atoms with Gasteiger partial charge in [0, 0.05) is 74.9 Å². The van der Waals surface area contributed by atoms with Crippen molar-refractivity contribution >= 4 is 58.6 Å². The number of hydrogen-bond donors (Lipinski definition) is 1. The molecule has 0 bridgehead atoms. The lowest BCUT2D eigenvalue weighted by atomic mass is 9.96. The van der Waals surface area contributed by atoms with Gasteiger partial charge in [0.25, 0.3) is 5.56 Å². The third-order valence-electron chi connectivity index (χ3n) is 9.82. The van der Waals surface area contributed by atoms with Crippen LogP contribution in [-0.2, 0) is 9.47 Å². The maximum absolute atomic E-state index is 15.2. The van der Waals surface area contributed by atoms with Crippen molar-refractivity contribution in [3.05, 3.63) is 74.1 Å². The van der Waals surface area contributed by atoms with E-state index in [1.807, 2.05) is 0 Å². The number of hydrogen-bond acceptors (Lipinski definition) is 12. The van der Waals surface area contributed by atoms with Gasteiger partial charge in [-0.15, -0.1) is 0 Å². The molecule has 4 aromatic heterocycles. The predicted octanol–water partition coefficient (Wildman–Crippen LogP) is 8.96. The average molecular weight is 958 g/mol. The van der Waals surface area contributed by atoms with E-state index in [0.29, 0.717) is 17.7 Å². The first-order valence-electron chi connectivity index (χ1n) is 20.2. The molecule has 2 saturated heterocycles. The van der Waals surface area contributed by atoms with Crippen LogP contribution in [0.3, 0.4) is 0 Å². The molecule has 2 aliphatic rings. The summed E-state index contributed by atoms with van der Waals surface area (Å²) in [7, 11) is 0.